The average molecular weight is 550 g/mol. The number of aliphatic hydroxyl groups is 2. The number of amides is 4. The van der Waals surface area contributed by atoms with Crippen LogP contribution >= 0.6 is 23.1 Å². The Balaban J connectivity index is 1.89. The van der Waals surface area contributed by atoms with Crippen LogP contribution in [-0.2, 0) is 11.4 Å². The molecule has 1 aromatic heterocycles. The molecular weight excluding hydrogens is 524 g/mol. The first-order valence-electron chi connectivity index (χ1n) is 10.7. The van der Waals surface area contributed by atoms with Crippen LogP contribution < -0.4 is 26.4 Å². The minimum absolute atomic E-state index is 0.00403. The van der Waals surface area contributed by atoms with Crippen LogP contribution in [0.25, 0.3) is 0 Å². The monoisotopic (exact) mass is 549 g/mol. The summed E-state index contributed by atoms with van der Waals surface area (Å²) in [6, 6.07) is 1.05. The minimum Gasteiger partial charge on any atom is -0.471 e. The maximum absolute atomic E-state index is 14.0. The molecule has 11 nitrogen and oxygen atoms in total. The largest absolute Gasteiger partial charge is 0.471 e. The highest BCUT2D eigenvalue weighted by Gasteiger charge is 2.23. The zero-order valence-electron chi connectivity index (χ0n) is 19.1. The molecule has 0 saturated carbocycles. The second-order valence-corrected chi connectivity index (χ2v) is 8.77. The van der Waals surface area contributed by atoms with Crippen LogP contribution in [-0.4, -0.2) is 57.7 Å². The number of anilines is 1. The number of carbonyl (C=O) groups excluding carboxylic acids is 3. The van der Waals surface area contributed by atoms with Crippen LogP contribution in [0, 0.1) is 11.6 Å². The first-order chi connectivity index (χ1) is 17.0. The van der Waals surface area contributed by atoms with E-state index in [0.29, 0.717) is 18.1 Å². The van der Waals surface area contributed by atoms with Crippen LogP contribution in [0.5, 0.6) is 5.88 Å². The third-order valence-electron chi connectivity index (χ3n) is 4.70. The van der Waals surface area contributed by atoms with Crippen LogP contribution in [0.3, 0.4) is 0 Å². The Morgan fingerprint density at radius 1 is 1.19 bits per heavy atom. The number of nitrogens with one attached hydrogen (secondary N) is 3. The summed E-state index contributed by atoms with van der Waals surface area (Å²) >= 11 is 6.24. The highest BCUT2D eigenvalue weighted by molar-refractivity contribution is 7.11. The molecule has 0 spiro atoms. The van der Waals surface area contributed by atoms with Crippen molar-refractivity contribution in [1.82, 2.24) is 15.0 Å². The Hall–Kier alpha value is -3.07. The van der Waals surface area contributed by atoms with Gasteiger partial charge in [0, 0.05) is 18.1 Å². The standard InChI is InChI=1S/C21H26ClF2N5O6S/c1-2-26-16(32)8-12(31)7-11(30)3-4-27-21(34)28-20-17(18(25)33)19(29-36-20)35-9-13-14(23)5-10(22)6-15(13)24/h5-6,11-12,30-31H,2-4,7-9H2,1H3,(H2,25,33)(H,26,32)(H2,27,28,34). The van der Waals surface area contributed by atoms with E-state index in [2.05, 4.69) is 20.3 Å². The predicted molar refractivity (Wildman–Crippen MR) is 128 cm³/mol. The number of hydrogen-bond acceptors (Lipinski definition) is 8. The number of benzene rings is 1. The number of carbonyl (C=O) groups is 3. The number of aliphatic hydroxyl groups excluding tert-OH is 2. The fraction of sp³-hybridized carbons (Fsp3) is 0.429. The predicted octanol–water partition coefficient (Wildman–Crippen LogP) is 1.90. The lowest BCUT2D eigenvalue weighted by atomic mass is 10.1. The fourth-order valence-electron chi connectivity index (χ4n) is 3.03. The summed E-state index contributed by atoms with van der Waals surface area (Å²) in [7, 11) is 0. The van der Waals surface area contributed by atoms with Gasteiger partial charge in [-0.3, -0.25) is 14.9 Å². The molecule has 0 aliphatic heterocycles. The molecule has 15 heteroatoms. The number of rotatable bonds is 13. The van der Waals surface area contributed by atoms with Crippen molar-refractivity contribution in [3.8, 4) is 5.88 Å². The molecule has 2 unspecified atom stereocenters. The van der Waals surface area contributed by atoms with E-state index in [1.165, 1.54) is 0 Å². The van der Waals surface area contributed by atoms with Gasteiger partial charge < -0.3 is 31.3 Å². The summed E-state index contributed by atoms with van der Waals surface area (Å²) < 4.78 is 37.0. The topological polar surface area (TPSA) is 176 Å². The third-order valence-corrected chi connectivity index (χ3v) is 5.66. The zero-order valence-corrected chi connectivity index (χ0v) is 20.7. The van der Waals surface area contributed by atoms with Gasteiger partial charge in [0.2, 0.25) is 11.8 Å². The number of nitrogens with zero attached hydrogens (tertiary/aromatic N) is 1. The average Bonchev–Trinajstić information content (AvgIpc) is 3.15. The molecule has 198 valence electrons. The summed E-state index contributed by atoms with van der Waals surface area (Å²) in [6.07, 6.45) is -2.15. The summed E-state index contributed by atoms with van der Waals surface area (Å²) in [5.41, 5.74) is 4.62. The highest BCUT2D eigenvalue weighted by atomic mass is 35.5. The number of halogens is 3. The van der Waals surface area contributed by atoms with Crippen molar-refractivity contribution in [1.29, 1.82) is 0 Å². The molecule has 0 radical (unpaired) electrons. The van der Waals surface area contributed by atoms with E-state index in [1.54, 1.807) is 6.92 Å². The number of ether oxygens (including phenoxy) is 1. The fourth-order valence-corrected chi connectivity index (χ4v) is 3.95. The van der Waals surface area contributed by atoms with Crippen LogP contribution in [0.4, 0.5) is 18.6 Å². The summed E-state index contributed by atoms with van der Waals surface area (Å²) in [5.74, 6) is -3.56. The van der Waals surface area contributed by atoms with E-state index < -0.39 is 48.0 Å². The van der Waals surface area contributed by atoms with Crippen molar-refractivity contribution in [3.63, 3.8) is 0 Å². The zero-order chi connectivity index (χ0) is 26.8. The second-order valence-electron chi connectivity index (χ2n) is 7.56. The Kier molecular flexibility index (Phi) is 11.2. The van der Waals surface area contributed by atoms with Gasteiger partial charge in [-0.25, -0.2) is 13.6 Å². The number of primary amides is 1. The first kappa shape index (κ1) is 29.2. The van der Waals surface area contributed by atoms with Crippen molar-refractivity contribution in [2.24, 2.45) is 5.73 Å². The molecule has 4 amide bonds. The van der Waals surface area contributed by atoms with Crippen molar-refractivity contribution >= 4 is 46.0 Å². The van der Waals surface area contributed by atoms with Crippen molar-refractivity contribution in [3.05, 3.63) is 39.9 Å². The lowest BCUT2D eigenvalue weighted by molar-refractivity contribution is -0.123. The maximum Gasteiger partial charge on any atom is 0.319 e. The van der Waals surface area contributed by atoms with Crippen LogP contribution in [0.15, 0.2) is 12.1 Å². The quantitative estimate of drug-likeness (QED) is 0.221. The van der Waals surface area contributed by atoms with E-state index >= 15 is 0 Å². The smallest absolute Gasteiger partial charge is 0.319 e. The molecule has 0 bridgehead atoms. The molecule has 0 aliphatic rings. The van der Waals surface area contributed by atoms with E-state index in [1.807, 2.05) is 0 Å². The normalized spacial score (nSPS) is 12.5. The molecular formula is C21H26ClF2N5O6S. The molecule has 0 saturated heterocycles. The van der Waals surface area contributed by atoms with Gasteiger partial charge in [-0.05, 0) is 43.4 Å². The Labute approximate surface area is 214 Å². The van der Waals surface area contributed by atoms with Gasteiger partial charge in [-0.2, -0.15) is 4.37 Å². The third kappa shape index (κ3) is 8.86. The summed E-state index contributed by atoms with van der Waals surface area (Å²) in [4.78, 5) is 35.5. The van der Waals surface area contributed by atoms with Crippen LogP contribution in [0.1, 0.15) is 42.1 Å². The molecule has 7 N–H and O–H groups in total. The summed E-state index contributed by atoms with van der Waals surface area (Å²) in [5, 5.41) is 27.0. The number of aromatic nitrogens is 1. The number of urea groups is 1. The van der Waals surface area contributed by atoms with Crippen molar-refractivity contribution < 1.29 is 38.1 Å². The Morgan fingerprint density at radius 3 is 2.47 bits per heavy atom. The Morgan fingerprint density at radius 2 is 1.86 bits per heavy atom. The molecule has 0 fully saturated rings. The number of hydrogen-bond donors (Lipinski definition) is 6. The molecule has 2 aromatic rings. The maximum atomic E-state index is 14.0. The van der Waals surface area contributed by atoms with Gasteiger partial charge >= 0.3 is 6.03 Å². The second kappa shape index (κ2) is 13.9. The molecule has 1 aromatic carbocycles. The van der Waals surface area contributed by atoms with Gasteiger partial charge in [0.1, 0.15) is 28.8 Å². The minimum atomic E-state index is -1.04. The molecule has 0 aliphatic carbocycles. The number of nitrogens with two attached hydrogens (primary N) is 1. The molecule has 36 heavy (non-hydrogen) atoms. The van der Waals surface area contributed by atoms with Crippen LogP contribution in [0.2, 0.25) is 5.02 Å². The van der Waals surface area contributed by atoms with E-state index in [0.717, 1.165) is 12.1 Å². The summed E-state index contributed by atoms with van der Waals surface area (Å²) in [6.45, 7) is 1.56. The van der Waals surface area contributed by atoms with Crippen molar-refractivity contribution in [2.45, 2.75) is 45.0 Å². The SMILES string of the molecule is CCNC(=O)CC(O)CC(O)CCNC(=O)Nc1snc(OCc2c(F)cc(Cl)cc2F)c1C(N)=O. The molecule has 1 heterocycles. The van der Waals surface area contributed by atoms with Crippen molar-refractivity contribution in [2.75, 3.05) is 18.4 Å². The van der Waals surface area contributed by atoms with Gasteiger partial charge in [0.15, 0.2) is 0 Å². The van der Waals surface area contributed by atoms with E-state index in [4.69, 9.17) is 22.1 Å². The lowest BCUT2D eigenvalue weighted by Gasteiger charge is -2.15. The van der Waals surface area contributed by atoms with E-state index in [9.17, 15) is 33.4 Å². The lowest BCUT2D eigenvalue weighted by Crippen LogP contribution is -2.33. The van der Waals surface area contributed by atoms with E-state index in [-0.39, 0.29) is 53.2 Å². The van der Waals surface area contributed by atoms with Gasteiger partial charge in [0.05, 0.1) is 24.2 Å². The van der Waals surface area contributed by atoms with Gasteiger partial charge in [-0.15, -0.1) is 0 Å². The van der Waals surface area contributed by atoms with Gasteiger partial charge in [0.25, 0.3) is 5.91 Å². The first-order valence-corrected chi connectivity index (χ1v) is 11.9. The molecule has 2 atom stereocenters. The van der Waals surface area contributed by atoms with Gasteiger partial charge in [-0.1, -0.05) is 11.6 Å². The molecule has 2 rings (SSSR count). The highest BCUT2D eigenvalue weighted by Crippen LogP contribution is 2.31. The Bertz CT molecular complexity index is 1070.